The van der Waals surface area contributed by atoms with Gasteiger partial charge in [-0.3, -0.25) is 4.79 Å². The summed E-state index contributed by atoms with van der Waals surface area (Å²) < 4.78 is 10.5. The second-order valence-electron chi connectivity index (χ2n) is 4.56. The van der Waals surface area contributed by atoms with Crippen molar-refractivity contribution in [3.63, 3.8) is 0 Å². The van der Waals surface area contributed by atoms with Gasteiger partial charge in [-0.25, -0.2) is 0 Å². The van der Waals surface area contributed by atoms with Gasteiger partial charge in [-0.05, 0) is 37.5 Å². The molecule has 1 amide bonds. The van der Waals surface area contributed by atoms with Crippen LogP contribution in [0, 0.1) is 13.8 Å². The van der Waals surface area contributed by atoms with Crippen LogP contribution in [0.4, 0.5) is 0 Å². The first-order chi connectivity index (χ1) is 9.13. The van der Waals surface area contributed by atoms with Crippen molar-refractivity contribution in [2.24, 2.45) is 0 Å². The number of rotatable bonds is 8. The number of hydrogen-bond donors (Lipinski definition) is 1. The van der Waals surface area contributed by atoms with E-state index in [1.54, 1.807) is 7.11 Å². The normalized spacial score (nSPS) is 10.3. The lowest BCUT2D eigenvalue weighted by Crippen LogP contribution is -2.26. The van der Waals surface area contributed by atoms with E-state index in [4.69, 9.17) is 9.47 Å². The van der Waals surface area contributed by atoms with Gasteiger partial charge in [0.05, 0.1) is 13.0 Å². The summed E-state index contributed by atoms with van der Waals surface area (Å²) in [5, 5.41) is 2.83. The van der Waals surface area contributed by atoms with Crippen LogP contribution in [0.1, 0.15) is 24.0 Å². The van der Waals surface area contributed by atoms with Crippen LogP contribution in [0.25, 0.3) is 0 Å². The zero-order valence-electron chi connectivity index (χ0n) is 12.0. The molecule has 106 valence electrons. The third-order valence-corrected chi connectivity index (χ3v) is 2.78. The van der Waals surface area contributed by atoms with Crippen molar-refractivity contribution in [2.45, 2.75) is 26.7 Å². The Labute approximate surface area is 115 Å². The second kappa shape index (κ2) is 8.53. The number of carbonyl (C=O) groups excluding carboxylic acids is 1. The highest BCUT2D eigenvalue weighted by molar-refractivity contribution is 5.75. The Morgan fingerprint density at radius 1 is 1.26 bits per heavy atom. The molecule has 0 bridgehead atoms. The van der Waals surface area contributed by atoms with E-state index < -0.39 is 0 Å². The lowest BCUT2D eigenvalue weighted by atomic mass is 10.1. The van der Waals surface area contributed by atoms with E-state index in [0.717, 1.165) is 23.3 Å². The highest BCUT2D eigenvalue weighted by Crippen LogP contribution is 2.19. The standard InChI is InChI=1S/C15H23NO3/c1-12-5-6-13(2)14(11-12)19-10-7-15(17)16-8-4-9-18-3/h5-6,11H,4,7-10H2,1-3H3,(H,16,17). The quantitative estimate of drug-likeness (QED) is 0.733. The lowest BCUT2D eigenvalue weighted by molar-refractivity contribution is -0.121. The van der Waals surface area contributed by atoms with Gasteiger partial charge >= 0.3 is 0 Å². The number of hydrogen-bond acceptors (Lipinski definition) is 3. The van der Waals surface area contributed by atoms with Gasteiger partial charge in [0.25, 0.3) is 0 Å². The monoisotopic (exact) mass is 265 g/mol. The predicted octanol–water partition coefficient (Wildman–Crippen LogP) is 2.23. The van der Waals surface area contributed by atoms with Crippen molar-refractivity contribution in [3.8, 4) is 5.75 Å². The molecule has 0 saturated carbocycles. The van der Waals surface area contributed by atoms with Gasteiger partial charge in [-0.2, -0.15) is 0 Å². The minimum atomic E-state index is 0.0152. The van der Waals surface area contributed by atoms with Gasteiger partial charge in [0.15, 0.2) is 0 Å². The maximum Gasteiger partial charge on any atom is 0.223 e. The number of benzene rings is 1. The van der Waals surface area contributed by atoms with E-state index in [9.17, 15) is 4.79 Å². The van der Waals surface area contributed by atoms with E-state index in [0.29, 0.717) is 26.2 Å². The van der Waals surface area contributed by atoms with Gasteiger partial charge in [0, 0.05) is 20.3 Å². The minimum absolute atomic E-state index is 0.0152. The van der Waals surface area contributed by atoms with Crippen molar-refractivity contribution in [3.05, 3.63) is 29.3 Å². The van der Waals surface area contributed by atoms with Crippen LogP contribution >= 0.6 is 0 Å². The Bertz CT molecular complexity index is 404. The first-order valence-electron chi connectivity index (χ1n) is 6.59. The van der Waals surface area contributed by atoms with Crippen LogP contribution in [-0.4, -0.2) is 32.8 Å². The molecule has 0 atom stereocenters. The van der Waals surface area contributed by atoms with Crippen molar-refractivity contribution in [2.75, 3.05) is 26.9 Å². The summed E-state index contributed by atoms with van der Waals surface area (Å²) in [6, 6.07) is 6.06. The number of carbonyl (C=O) groups is 1. The smallest absolute Gasteiger partial charge is 0.223 e. The molecule has 1 aromatic rings. The summed E-state index contributed by atoms with van der Waals surface area (Å²) in [6.45, 7) is 5.74. The molecule has 0 aliphatic heterocycles. The molecule has 1 rings (SSSR count). The molecule has 1 aromatic carbocycles. The van der Waals surface area contributed by atoms with Gasteiger partial charge in [-0.15, -0.1) is 0 Å². The highest BCUT2D eigenvalue weighted by atomic mass is 16.5. The second-order valence-corrected chi connectivity index (χ2v) is 4.56. The molecule has 0 spiro atoms. The molecule has 0 aliphatic rings. The van der Waals surface area contributed by atoms with Crippen molar-refractivity contribution in [1.82, 2.24) is 5.32 Å². The molecule has 1 N–H and O–H groups in total. The Hall–Kier alpha value is -1.55. The summed E-state index contributed by atoms with van der Waals surface area (Å²) in [7, 11) is 1.65. The van der Waals surface area contributed by atoms with E-state index >= 15 is 0 Å². The van der Waals surface area contributed by atoms with Crippen molar-refractivity contribution in [1.29, 1.82) is 0 Å². The van der Waals surface area contributed by atoms with E-state index in [-0.39, 0.29) is 5.91 Å². The average molecular weight is 265 g/mol. The fourth-order valence-corrected chi connectivity index (χ4v) is 1.65. The molecular formula is C15H23NO3. The van der Waals surface area contributed by atoms with E-state index in [1.165, 1.54) is 0 Å². The van der Waals surface area contributed by atoms with Crippen LogP contribution in [-0.2, 0) is 9.53 Å². The Morgan fingerprint density at radius 2 is 2.05 bits per heavy atom. The Kier molecular flexibility index (Phi) is 6.97. The molecule has 0 aromatic heterocycles. The first-order valence-corrected chi connectivity index (χ1v) is 6.59. The van der Waals surface area contributed by atoms with Crippen LogP contribution in [0.2, 0.25) is 0 Å². The number of methoxy groups -OCH3 is 1. The molecule has 0 radical (unpaired) electrons. The minimum Gasteiger partial charge on any atom is -0.493 e. The zero-order chi connectivity index (χ0) is 14.1. The van der Waals surface area contributed by atoms with Crippen molar-refractivity contribution < 1.29 is 14.3 Å². The summed E-state index contributed by atoms with van der Waals surface area (Å²) in [5.74, 6) is 0.869. The summed E-state index contributed by atoms with van der Waals surface area (Å²) >= 11 is 0. The third-order valence-electron chi connectivity index (χ3n) is 2.78. The molecule has 0 heterocycles. The molecule has 4 nitrogen and oxygen atoms in total. The molecule has 4 heteroatoms. The summed E-state index contributed by atoms with van der Waals surface area (Å²) in [6.07, 6.45) is 1.21. The maximum absolute atomic E-state index is 11.5. The molecule has 0 saturated heterocycles. The van der Waals surface area contributed by atoms with Crippen molar-refractivity contribution >= 4 is 5.91 Å². The predicted molar refractivity (Wildman–Crippen MR) is 75.5 cm³/mol. The van der Waals surface area contributed by atoms with Gasteiger partial charge < -0.3 is 14.8 Å². The molecule has 19 heavy (non-hydrogen) atoms. The molecule has 0 aliphatic carbocycles. The van der Waals surface area contributed by atoms with E-state index in [1.807, 2.05) is 32.0 Å². The number of aryl methyl sites for hydroxylation is 2. The fourth-order valence-electron chi connectivity index (χ4n) is 1.65. The molecule has 0 fully saturated rings. The zero-order valence-corrected chi connectivity index (χ0v) is 12.0. The average Bonchev–Trinajstić information content (AvgIpc) is 2.39. The Morgan fingerprint density at radius 3 is 2.79 bits per heavy atom. The lowest BCUT2D eigenvalue weighted by Gasteiger charge is -2.10. The first kappa shape index (κ1) is 15.5. The van der Waals surface area contributed by atoms with Gasteiger partial charge in [0.2, 0.25) is 5.91 Å². The van der Waals surface area contributed by atoms with E-state index in [2.05, 4.69) is 5.32 Å². The van der Waals surface area contributed by atoms with Crippen LogP contribution in [0.3, 0.4) is 0 Å². The number of nitrogens with one attached hydrogen (secondary N) is 1. The number of amides is 1. The topological polar surface area (TPSA) is 47.6 Å². The van der Waals surface area contributed by atoms with Gasteiger partial charge in [-0.1, -0.05) is 12.1 Å². The fraction of sp³-hybridized carbons (Fsp3) is 0.533. The SMILES string of the molecule is COCCCNC(=O)CCOc1cc(C)ccc1C. The summed E-state index contributed by atoms with van der Waals surface area (Å²) in [5.41, 5.74) is 2.25. The van der Waals surface area contributed by atoms with Crippen LogP contribution < -0.4 is 10.1 Å². The maximum atomic E-state index is 11.5. The van der Waals surface area contributed by atoms with Crippen LogP contribution in [0.15, 0.2) is 18.2 Å². The van der Waals surface area contributed by atoms with Gasteiger partial charge in [0.1, 0.15) is 5.75 Å². The highest BCUT2D eigenvalue weighted by Gasteiger charge is 2.03. The summed E-state index contributed by atoms with van der Waals surface area (Å²) in [4.78, 5) is 11.5. The number of ether oxygens (including phenoxy) is 2. The largest absolute Gasteiger partial charge is 0.493 e. The Balaban J connectivity index is 2.22. The van der Waals surface area contributed by atoms with Crippen LogP contribution in [0.5, 0.6) is 5.75 Å². The molecule has 0 unspecified atom stereocenters. The third kappa shape index (κ3) is 6.25. The molecular weight excluding hydrogens is 242 g/mol.